The van der Waals surface area contributed by atoms with Crippen molar-refractivity contribution in [2.24, 2.45) is 0 Å². The predicted octanol–water partition coefficient (Wildman–Crippen LogP) is 3.28. The van der Waals surface area contributed by atoms with Crippen molar-refractivity contribution in [2.45, 2.75) is 13.1 Å². The standard InChI is InChI=1S/C14H14BrFN2O/c1-19-14-5-3-11(9-18-14)8-17-7-10-2-4-13(16)12(15)6-10/h2-6,9,17H,7-8H2,1H3. The molecule has 0 aliphatic heterocycles. The Labute approximate surface area is 119 Å². The maximum atomic E-state index is 13.1. The minimum Gasteiger partial charge on any atom is -0.481 e. The Morgan fingerprint density at radius 2 is 1.95 bits per heavy atom. The molecule has 100 valence electrons. The second-order valence-electron chi connectivity index (χ2n) is 4.06. The first-order chi connectivity index (χ1) is 9.19. The number of ether oxygens (including phenoxy) is 1. The molecule has 0 bridgehead atoms. The minimum atomic E-state index is -0.247. The van der Waals surface area contributed by atoms with E-state index in [0.29, 0.717) is 23.4 Å². The van der Waals surface area contributed by atoms with Crippen molar-refractivity contribution < 1.29 is 9.13 Å². The molecule has 0 saturated carbocycles. The van der Waals surface area contributed by atoms with Gasteiger partial charge in [0.15, 0.2) is 0 Å². The number of pyridine rings is 1. The van der Waals surface area contributed by atoms with Gasteiger partial charge < -0.3 is 10.1 Å². The molecule has 19 heavy (non-hydrogen) atoms. The van der Waals surface area contributed by atoms with Gasteiger partial charge in [0.05, 0.1) is 11.6 Å². The van der Waals surface area contributed by atoms with Gasteiger partial charge >= 0.3 is 0 Å². The average molecular weight is 325 g/mol. The summed E-state index contributed by atoms with van der Waals surface area (Å²) in [5.41, 5.74) is 2.09. The van der Waals surface area contributed by atoms with E-state index in [9.17, 15) is 4.39 Å². The summed E-state index contributed by atoms with van der Waals surface area (Å²) in [5, 5.41) is 3.28. The average Bonchev–Trinajstić information content (AvgIpc) is 2.43. The van der Waals surface area contributed by atoms with Gasteiger partial charge in [-0.2, -0.15) is 0 Å². The highest BCUT2D eigenvalue weighted by molar-refractivity contribution is 9.10. The lowest BCUT2D eigenvalue weighted by Crippen LogP contribution is -2.12. The molecule has 0 saturated heterocycles. The van der Waals surface area contributed by atoms with Crippen LogP contribution in [0, 0.1) is 5.82 Å². The molecule has 0 aliphatic rings. The van der Waals surface area contributed by atoms with E-state index >= 15 is 0 Å². The van der Waals surface area contributed by atoms with Crippen LogP contribution in [0.1, 0.15) is 11.1 Å². The first kappa shape index (κ1) is 14.0. The number of nitrogens with zero attached hydrogens (tertiary/aromatic N) is 1. The third-order valence-electron chi connectivity index (χ3n) is 2.65. The lowest BCUT2D eigenvalue weighted by molar-refractivity contribution is 0.397. The van der Waals surface area contributed by atoms with Crippen LogP contribution < -0.4 is 10.1 Å². The summed E-state index contributed by atoms with van der Waals surface area (Å²) in [7, 11) is 1.59. The van der Waals surface area contributed by atoms with Crippen molar-refractivity contribution in [2.75, 3.05) is 7.11 Å². The molecular weight excluding hydrogens is 311 g/mol. The Morgan fingerprint density at radius 1 is 1.21 bits per heavy atom. The predicted molar refractivity (Wildman–Crippen MR) is 75.4 cm³/mol. The summed E-state index contributed by atoms with van der Waals surface area (Å²) in [4.78, 5) is 4.13. The molecule has 1 aromatic heterocycles. The van der Waals surface area contributed by atoms with E-state index in [1.165, 1.54) is 6.07 Å². The van der Waals surface area contributed by atoms with E-state index in [2.05, 4.69) is 26.2 Å². The van der Waals surface area contributed by atoms with Crippen molar-refractivity contribution in [1.29, 1.82) is 0 Å². The first-order valence-electron chi connectivity index (χ1n) is 5.82. The van der Waals surface area contributed by atoms with Crippen molar-refractivity contribution in [3.05, 3.63) is 57.9 Å². The van der Waals surface area contributed by atoms with Gasteiger partial charge in [-0.3, -0.25) is 0 Å². The second kappa shape index (κ2) is 6.63. The SMILES string of the molecule is COc1ccc(CNCc2ccc(F)c(Br)c2)cn1. The van der Waals surface area contributed by atoms with Crippen molar-refractivity contribution in [1.82, 2.24) is 10.3 Å². The zero-order chi connectivity index (χ0) is 13.7. The zero-order valence-electron chi connectivity index (χ0n) is 10.5. The largest absolute Gasteiger partial charge is 0.481 e. The molecule has 0 atom stereocenters. The van der Waals surface area contributed by atoms with Crippen LogP contribution in [-0.2, 0) is 13.1 Å². The van der Waals surface area contributed by atoms with Gasteiger partial charge in [-0.15, -0.1) is 0 Å². The quantitative estimate of drug-likeness (QED) is 0.916. The Bertz CT molecular complexity index is 546. The maximum Gasteiger partial charge on any atom is 0.212 e. The molecule has 0 unspecified atom stereocenters. The molecule has 0 amide bonds. The molecule has 3 nitrogen and oxygen atoms in total. The molecule has 1 aromatic carbocycles. The second-order valence-corrected chi connectivity index (χ2v) is 4.92. The van der Waals surface area contributed by atoms with Gasteiger partial charge in [0.25, 0.3) is 0 Å². The Morgan fingerprint density at radius 3 is 2.58 bits per heavy atom. The number of hydrogen-bond acceptors (Lipinski definition) is 3. The van der Waals surface area contributed by atoms with E-state index in [0.717, 1.165) is 11.1 Å². The summed E-state index contributed by atoms with van der Waals surface area (Å²) < 4.78 is 18.5. The van der Waals surface area contributed by atoms with Crippen LogP contribution in [0.5, 0.6) is 5.88 Å². The van der Waals surface area contributed by atoms with E-state index in [4.69, 9.17) is 4.74 Å². The molecule has 5 heteroatoms. The number of aromatic nitrogens is 1. The molecule has 1 heterocycles. The molecule has 0 spiro atoms. The van der Waals surface area contributed by atoms with Gasteiger partial charge in [-0.25, -0.2) is 9.37 Å². The lowest BCUT2D eigenvalue weighted by Gasteiger charge is -2.06. The maximum absolute atomic E-state index is 13.1. The van der Waals surface area contributed by atoms with Crippen LogP contribution in [0.4, 0.5) is 4.39 Å². The highest BCUT2D eigenvalue weighted by Gasteiger charge is 2.01. The summed E-state index contributed by atoms with van der Waals surface area (Å²) >= 11 is 3.17. The Kier molecular flexibility index (Phi) is 4.87. The highest BCUT2D eigenvalue weighted by atomic mass is 79.9. The van der Waals surface area contributed by atoms with Gasteiger partial charge in [0.2, 0.25) is 5.88 Å². The number of benzene rings is 1. The summed E-state index contributed by atoms with van der Waals surface area (Å²) in [6.07, 6.45) is 1.77. The summed E-state index contributed by atoms with van der Waals surface area (Å²) in [6, 6.07) is 8.77. The van der Waals surface area contributed by atoms with Gasteiger partial charge in [0, 0.05) is 25.4 Å². The topological polar surface area (TPSA) is 34.1 Å². The molecule has 0 radical (unpaired) electrons. The van der Waals surface area contributed by atoms with Crippen LogP contribution in [0.25, 0.3) is 0 Å². The number of hydrogen-bond donors (Lipinski definition) is 1. The number of rotatable bonds is 5. The highest BCUT2D eigenvalue weighted by Crippen LogP contribution is 2.16. The fraction of sp³-hybridized carbons (Fsp3) is 0.214. The molecule has 2 rings (SSSR count). The van der Waals surface area contributed by atoms with Crippen LogP contribution in [0.3, 0.4) is 0 Å². The molecule has 0 fully saturated rings. The zero-order valence-corrected chi connectivity index (χ0v) is 12.1. The van der Waals surface area contributed by atoms with E-state index in [-0.39, 0.29) is 5.82 Å². The van der Waals surface area contributed by atoms with E-state index in [1.807, 2.05) is 12.1 Å². The van der Waals surface area contributed by atoms with Crippen molar-refractivity contribution in [3.8, 4) is 5.88 Å². The summed E-state index contributed by atoms with van der Waals surface area (Å²) in [6.45, 7) is 1.37. The number of methoxy groups -OCH3 is 1. The first-order valence-corrected chi connectivity index (χ1v) is 6.62. The minimum absolute atomic E-state index is 0.247. The fourth-order valence-electron chi connectivity index (χ4n) is 1.64. The van der Waals surface area contributed by atoms with Crippen LogP contribution in [0.15, 0.2) is 41.0 Å². The van der Waals surface area contributed by atoms with E-state index in [1.54, 1.807) is 25.4 Å². The van der Waals surface area contributed by atoms with Gasteiger partial charge in [0.1, 0.15) is 5.82 Å². The molecule has 1 N–H and O–H groups in total. The molecule has 2 aromatic rings. The molecule has 0 aliphatic carbocycles. The molecular formula is C14H14BrFN2O. The fourth-order valence-corrected chi connectivity index (χ4v) is 2.06. The Hall–Kier alpha value is -1.46. The van der Waals surface area contributed by atoms with Gasteiger partial charge in [-0.1, -0.05) is 12.1 Å². The smallest absolute Gasteiger partial charge is 0.212 e. The van der Waals surface area contributed by atoms with Crippen LogP contribution in [0.2, 0.25) is 0 Å². The third-order valence-corrected chi connectivity index (χ3v) is 3.26. The van der Waals surface area contributed by atoms with Gasteiger partial charge in [-0.05, 0) is 39.2 Å². The summed E-state index contributed by atoms with van der Waals surface area (Å²) in [5.74, 6) is 0.356. The number of nitrogens with one attached hydrogen (secondary N) is 1. The number of halogens is 2. The van der Waals surface area contributed by atoms with E-state index < -0.39 is 0 Å². The Balaban J connectivity index is 1.86. The van der Waals surface area contributed by atoms with Crippen molar-refractivity contribution in [3.63, 3.8) is 0 Å². The monoisotopic (exact) mass is 324 g/mol. The normalized spacial score (nSPS) is 10.5. The van der Waals surface area contributed by atoms with Crippen LogP contribution in [-0.4, -0.2) is 12.1 Å². The van der Waals surface area contributed by atoms with Crippen LogP contribution >= 0.6 is 15.9 Å². The third kappa shape index (κ3) is 4.01. The lowest BCUT2D eigenvalue weighted by atomic mass is 10.2. The van der Waals surface area contributed by atoms with Crippen molar-refractivity contribution >= 4 is 15.9 Å².